The van der Waals surface area contributed by atoms with E-state index in [9.17, 15) is 25.2 Å². The largest absolute Gasteiger partial charge is 0.481 e. The first-order valence-corrected chi connectivity index (χ1v) is 16.7. The molecule has 0 spiro atoms. The number of aliphatic hydroxyl groups is 3. The zero-order chi connectivity index (χ0) is 30.7. The summed E-state index contributed by atoms with van der Waals surface area (Å²) in [6, 6.07) is 0. The molecule has 42 heavy (non-hydrogen) atoms. The van der Waals surface area contributed by atoms with Crippen LogP contribution in [0.3, 0.4) is 0 Å². The van der Waals surface area contributed by atoms with Gasteiger partial charge in [0.15, 0.2) is 6.29 Å². The van der Waals surface area contributed by atoms with E-state index in [1.807, 2.05) is 0 Å². The molecule has 6 rings (SSSR count). The van der Waals surface area contributed by atoms with Crippen molar-refractivity contribution in [2.45, 2.75) is 143 Å². The Labute approximate surface area is 252 Å². The van der Waals surface area contributed by atoms with E-state index in [0.29, 0.717) is 11.8 Å². The average molecular weight is 589 g/mol. The fourth-order valence-electron chi connectivity index (χ4n) is 11.9. The summed E-state index contributed by atoms with van der Waals surface area (Å²) in [5, 5.41) is 41.3. The van der Waals surface area contributed by atoms with Crippen molar-refractivity contribution in [3.63, 3.8) is 0 Å². The third kappa shape index (κ3) is 4.12. The second kappa shape index (κ2) is 9.75. The fourth-order valence-corrected chi connectivity index (χ4v) is 11.9. The number of carboxylic acids is 1. The van der Waals surface area contributed by atoms with Gasteiger partial charge in [-0.15, -0.1) is 0 Å². The van der Waals surface area contributed by atoms with Crippen molar-refractivity contribution in [2.24, 2.45) is 50.2 Å². The summed E-state index contributed by atoms with van der Waals surface area (Å²) in [5.41, 5.74) is 1.05. The van der Waals surface area contributed by atoms with Gasteiger partial charge in [-0.1, -0.05) is 60.1 Å². The Morgan fingerprint density at radius 3 is 2.26 bits per heavy atom. The molecule has 0 radical (unpaired) electrons. The molecule has 4 saturated carbocycles. The van der Waals surface area contributed by atoms with Crippen LogP contribution < -0.4 is 0 Å². The number of hydrogen-bond acceptors (Lipinski definition) is 6. The summed E-state index contributed by atoms with van der Waals surface area (Å²) >= 11 is 0. The van der Waals surface area contributed by atoms with Crippen LogP contribution in [-0.2, 0) is 14.3 Å². The van der Waals surface area contributed by atoms with Crippen LogP contribution in [0.1, 0.15) is 113 Å². The van der Waals surface area contributed by atoms with Gasteiger partial charge in [0.1, 0.15) is 18.3 Å². The van der Waals surface area contributed by atoms with Gasteiger partial charge in [-0.25, -0.2) is 0 Å². The summed E-state index contributed by atoms with van der Waals surface area (Å²) in [4.78, 5) is 12.9. The maximum atomic E-state index is 12.9. The highest BCUT2D eigenvalue weighted by atomic mass is 16.7. The number of ether oxygens (including phenoxy) is 2. The maximum Gasteiger partial charge on any atom is 0.310 e. The molecule has 0 bridgehead atoms. The molecule has 0 unspecified atom stereocenters. The molecule has 0 aromatic carbocycles. The topological polar surface area (TPSA) is 116 Å². The van der Waals surface area contributed by atoms with Crippen molar-refractivity contribution in [3.05, 3.63) is 11.6 Å². The fraction of sp³-hybridized carbons (Fsp3) is 0.914. The molecule has 7 nitrogen and oxygen atoms in total. The quantitative estimate of drug-likeness (QED) is 0.247. The maximum absolute atomic E-state index is 12.9. The Hall–Kier alpha value is -0.990. The minimum Gasteiger partial charge on any atom is -0.481 e. The second-order valence-corrected chi connectivity index (χ2v) is 17.4. The SMILES string of the molecule is CC1(C)CC[C@]2(C(=O)O)CC[C@]3(C)C(=CC[C@@H]4[C@@]5(C)CC[C@H](O[C@@H]6OC[C@@H](O)[C@H](O)[C@H]6O)C(C)(C)[C@@H]5CC[C@]43C)[C@H]2C1. The van der Waals surface area contributed by atoms with Crippen molar-refractivity contribution in [1.82, 2.24) is 0 Å². The van der Waals surface area contributed by atoms with E-state index in [-0.39, 0.29) is 45.7 Å². The van der Waals surface area contributed by atoms with Crippen LogP contribution in [0.15, 0.2) is 11.6 Å². The lowest BCUT2D eigenvalue weighted by atomic mass is 9.33. The molecule has 5 fully saturated rings. The third-order valence-corrected chi connectivity index (χ3v) is 14.8. The highest BCUT2D eigenvalue weighted by Crippen LogP contribution is 2.75. The molecule has 5 aliphatic carbocycles. The van der Waals surface area contributed by atoms with E-state index >= 15 is 0 Å². The highest BCUT2D eigenvalue weighted by molar-refractivity contribution is 5.76. The Bertz CT molecular complexity index is 1130. The van der Waals surface area contributed by atoms with E-state index in [4.69, 9.17) is 9.47 Å². The zero-order valence-electron chi connectivity index (χ0n) is 27.0. The van der Waals surface area contributed by atoms with E-state index in [1.54, 1.807) is 0 Å². The molecule has 7 heteroatoms. The van der Waals surface area contributed by atoms with Gasteiger partial charge >= 0.3 is 5.97 Å². The van der Waals surface area contributed by atoms with Gasteiger partial charge in [0.2, 0.25) is 0 Å². The number of rotatable bonds is 3. The summed E-state index contributed by atoms with van der Waals surface area (Å²) in [7, 11) is 0. The normalized spacial score (nSPS) is 53.0. The van der Waals surface area contributed by atoms with Crippen molar-refractivity contribution in [3.8, 4) is 0 Å². The molecule has 1 heterocycles. The molecule has 238 valence electrons. The Morgan fingerprint density at radius 2 is 1.57 bits per heavy atom. The Kier molecular flexibility index (Phi) is 7.20. The molecular weight excluding hydrogens is 532 g/mol. The molecule has 6 aliphatic rings. The molecule has 0 aromatic heterocycles. The van der Waals surface area contributed by atoms with Gasteiger partial charge in [-0.05, 0) is 109 Å². The van der Waals surface area contributed by atoms with Gasteiger partial charge in [-0.3, -0.25) is 4.79 Å². The first-order chi connectivity index (χ1) is 19.4. The lowest BCUT2D eigenvalue weighted by Gasteiger charge is -2.71. The molecular formula is C35H56O7. The number of carbonyl (C=O) groups is 1. The molecule has 0 amide bonds. The van der Waals surface area contributed by atoms with E-state index in [0.717, 1.165) is 64.2 Å². The Balaban J connectivity index is 1.30. The number of allylic oxidation sites excluding steroid dienone is 2. The Morgan fingerprint density at radius 1 is 0.881 bits per heavy atom. The summed E-state index contributed by atoms with van der Waals surface area (Å²) in [6.45, 7) is 16.8. The number of aliphatic hydroxyl groups excluding tert-OH is 3. The predicted molar refractivity (Wildman–Crippen MR) is 159 cm³/mol. The van der Waals surface area contributed by atoms with Gasteiger partial charge in [0.05, 0.1) is 18.1 Å². The molecule has 4 N–H and O–H groups in total. The van der Waals surface area contributed by atoms with E-state index in [2.05, 4.69) is 54.5 Å². The van der Waals surface area contributed by atoms with Crippen molar-refractivity contribution in [2.75, 3.05) is 6.61 Å². The first-order valence-electron chi connectivity index (χ1n) is 16.7. The van der Waals surface area contributed by atoms with E-state index < -0.39 is 36.0 Å². The van der Waals surface area contributed by atoms with Crippen LogP contribution in [0.5, 0.6) is 0 Å². The monoisotopic (exact) mass is 588 g/mol. The van der Waals surface area contributed by atoms with Gasteiger partial charge in [0, 0.05) is 0 Å². The first kappa shape index (κ1) is 31.0. The van der Waals surface area contributed by atoms with Crippen LogP contribution in [0.4, 0.5) is 0 Å². The van der Waals surface area contributed by atoms with Crippen LogP contribution >= 0.6 is 0 Å². The molecule has 1 aliphatic heterocycles. The smallest absolute Gasteiger partial charge is 0.310 e. The van der Waals surface area contributed by atoms with Crippen LogP contribution in [0.25, 0.3) is 0 Å². The number of fused-ring (bicyclic) bond motifs is 7. The second-order valence-electron chi connectivity index (χ2n) is 17.4. The number of carboxylic acid groups (broad SMARTS) is 1. The zero-order valence-corrected chi connectivity index (χ0v) is 27.0. The lowest BCUT2D eigenvalue weighted by Crippen LogP contribution is -2.65. The average Bonchev–Trinajstić information content (AvgIpc) is 2.90. The predicted octanol–water partition coefficient (Wildman–Crippen LogP) is 5.70. The molecule has 12 atom stereocenters. The minimum atomic E-state index is -1.27. The van der Waals surface area contributed by atoms with Gasteiger partial charge in [0.25, 0.3) is 0 Å². The highest BCUT2D eigenvalue weighted by Gasteiger charge is 2.69. The lowest BCUT2D eigenvalue weighted by molar-refractivity contribution is -0.308. The minimum absolute atomic E-state index is 0.00452. The molecule has 0 aromatic rings. The summed E-state index contributed by atoms with van der Waals surface area (Å²) in [6.07, 6.45) is 7.38. The van der Waals surface area contributed by atoms with Crippen molar-refractivity contribution < 1.29 is 34.7 Å². The molecule has 1 saturated heterocycles. The van der Waals surface area contributed by atoms with Crippen LogP contribution in [0.2, 0.25) is 0 Å². The van der Waals surface area contributed by atoms with Gasteiger partial charge < -0.3 is 29.9 Å². The van der Waals surface area contributed by atoms with Crippen LogP contribution in [-0.4, -0.2) is 63.7 Å². The van der Waals surface area contributed by atoms with Crippen molar-refractivity contribution in [1.29, 1.82) is 0 Å². The third-order valence-electron chi connectivity index (χ3n) is 14.8. The van der Waals surface area contributed by atoms with E-state index in [1.165, 1.54) is 5.57 Å². The summed E-state index contributed by atoms with van der Waals surface area (Å²) in [5.74, 6) is 0.465. The number of aliphatic carboxylic acids is 1. The number of hydrogen-bond donors (Lipinski definition) is 4. The summed E-state index contributed by atoms with van der Waals surface area (Å²) < 4.78 is 12.1. The van der Waals surface area contributed by atoms with Gasteiger partial charge in [-0.2, -0.15) is 0 Å². The van der Waals surface area contributed by atoms with Crippen molar-refractivity contribution >= 4 is 5.97 Å². The standard InChI is InChI=1S/C35H56O7/c1-30(2)14-16-35(29(39)40)17-15-33(6)20(21(35)18-30)8-9-24-32(5)12-11-25(31(3,4)23(32)10-13-34(24,33)7)42-28-27(38)26(37)22(36)19-41-28/h8,21-28,36-38H,9-19H2,1-7H3,(H,39,40)/t21-,22-,23+,24-,25+,26+,27-,28+,32+,33-,34-,35+/m1/s1. The van der Waals surface area contributed by atoms with Crippen LogP contribution in [0, 0.1) is 50.2 Å².